The van der Waals surface area contributed by atoms with Crippen LogP contribution in [-0.4, -0.2) is 32.3 Å². The van der Waals surface area contributed by atoms with Gasteiger partial charge in [0, 0.05) is 22.2 Å². The van der Waals surface area contributed by atoms with Crippen LogP contribution in [0.4, 0.5) is 23.8 Å². The van der Waals surface area contributed by atoms with Crippen molar-refractivity contribution in [1.29, 1.82) is 0 Å². The standard InChI is InChI=1S/C20H14ClF3N6O2S/c21-9-2-1-3-11(6-9)33-14-8-30-13(7-12-18(31)29-19(32)26-12)15(20(22,23)24)28-17(30)16(27-14)25-10-4-5-10/h1-3,6-8,10H,4-5H2,(H,25,27)(H2,26,29,31,32)/b12-7-. The first-order valence-corrected chi connectivity index (χ1v) is 10.9. The molecular formula is C20H14ClF3N6O2S. The van der Waals surface area contributed by atoms with Crippen LogP contribution in [0, 0.1) is 0 Å². The molecule has 3 N–H and O–H groups in total. The number of anilines is 1. The van der Waals surface area contributed by atoms with Gasteiger partial charge in [-0.05, 0) is 37.1 Å². The summed E-state index contributed by atoms with van der Waals surface area (Å²) in [6, 6.07) is 6.25. The van der Waals surface area contributed by atoms with E-state index in [0.29, 0.717) is 10.0 Å². The van der Waals surface area contributed by atoms with Crippen LogP contribution in [0.15, 0.2) is 46.1 Å². The summed E-state index contributed by atoms with van der Waals surface area (Å²) in [5, 5.41) is 8.20. The van der Waals surface area contributed by atoms with Gasteiger partial charge < -0.3 is 10.6 Å². The highest BCUT2D eigenvalue weighted by Gasteiger charge is 2.39. The van der Waals surface area contributed by atoms with Crippen molar-refractivity contribution in [2.24, 2.45) is 0 Å². The number of imidazole rings is 1. The minimum Gasteiger partial charge on any atom is -0.364 e. The van der Waals surface area contributed by atoms with E-state index in [1.807, 2.05) is 5.32 Å². The molecule has 3 amide bonds. The summed E-state index contributed by atoms with van der Waals surface area (Å²) in [4.78, 5) is 32.4. The van der Waals surface area contributed by atoms with E-state index in [2.05, 4.69) is 20.6 Å². The van der Waals surface area contributed by atoms with Crippen molar-refractivity contribution in [2.75, 3.05) is 5.32 Å². The minimum absolute atomic E-state index is 0.0405. The van der Waals surface area contributed by atoms with Gasteiger partial charge in [0.25, 0.3) is 5.91 Å². The van der Waals surface area contributed by atoms with Crippen molar-refractivity contribution < 1.29 is 22.8 Å². The smallest absolute Gasteiger partial charge is 0.364 e. The second-order valence-electron chi connectivity index (χ2n) is 7.41. The van der Waals surface area contributed by atoms with Crippen LogP contribution in [0.25, 0.3) is 11.7 Å². The highest BCUT2D eigenvalue weighted by Crippen LogP contribution is 2.37. The topological polar surface area (TPSA) is 100 Å². The quantitative estimate of drug-likeness (QED) is 0.361. The first-order chi connectivity index (χ1) is 15.7. The normalized spacial score (nSPS) is 17.5. The molecule has 5 rings (SSSR count). The van der Waals surface area contributed by atoms with Crippen molar-refractivity contribution in [3.8, 4) is 0 Å². The number of amides is 3. The average Bonchev–Trinajstić information content (AvgIpc) is 3.37. The third-order valence-corrected chi connectivity index (χ3v) is 5.96. The summed E-state index contributed by atoms with van der Waals surface area (Å²) in [6.07, 6.45) is -0.709. The van der Waals surface area contributed by atoms with E-state index in [1.54, 1.807) is 24.3 Å². The summed E-state index contributed by atoms with van der Waals surface area (Å²) < 4.78 is 42.9. The van der Waals surface area contributed by atoms with Gasteiger partial charge in [-0.3, -0.25) is 14.5 Å². The molecule has 0 radical (unpaired) electrons. The molecule has 0 unspecified atom stereocenters. The molecule has 1 aromatic carbocycles. The van der Waals surface area contributed by atoms with Gasteiger partial charge in [-0.2, -0.15) is 13.2 Å². The Balaban J connectivity index is 1.70. The Morgan fingerprint density at radius 1 is 1.21 bits per heavy atom. The van der Waals surface area contributed by atoms with Gasteiger partial charge in [0.2, 0.25) is 0 Å². The van der Waals surface area contributed by atoms with Crippen LogP contribution in [0.1, 0.15) is 24.2 Å². The first-order valence-electron chi connectivity index (χ1n) is 9.71. The molecule has 1 saturated carbocycles. The van der Waals surface area contributed by atoms with Crippen molar-refractivity contribution in [2.45, 2.75) is 35.0 Å². The molecule has 3 aromatic rings. The zero-order valence-corrected chi connectivity index (χ0v) is 18.1. The van der Waals surface area contributed by atoms with Crippen molar-refractivity contribution in [3.05, 3.63) is 52.6 Å². The van der Waals surface area contributed by atoms with Gasteiger partial charge >= 0.3 is 12.2 Å². The van der Waals surface area contributed by atoms with Gasteiger partial charge in [0.05, 0.1) is 5.69 Å². The highest BCUT2D eigenvalue weighted by molar-refractivity contribution is 7.99. The summed E-state index contributed by atoms with van der Waals surface area (Å²) in [7, 11) is 0. The summed E-state index contributed by atoms with van der Waals surface area (Å²) in [5.41, 5.74) is -1.96. The lowest BCUT2D eigenvalue weighted by Crippen LogP contribution is -2.22. The van der Waals surface area contributed by atoms with E-state index in [4.69, 9.17) is 11.6 Å². The lowest BCUT2D eigenvalue weighted by atomic mass is 10.2. The van der Waals surface area contributed by atoms with E-state index < -0.39 is 29.5 Å². The molecule has 0 spiro atoms. The van der Waals surface area contributed by atoms with Crippen LogP contribution in [-0.2, 0) is 11.0 Å². The number of hydrogen-bond donors (Lipinski definition) is 3. The predicted octanol–water partition coefficient (Wildman–Crippen LogP) is 4.31. The number of rotatable bonds is 5. The molecule has 1 saturated heterocycles. The molecule has 1 aliphatic heterocycles. The summed E-state index contributed by atoms with van der Waals surface area (Å²) in [5.74, 6) is -0.637. The van der Waals surface area contributed by atoms with E-state index >= 15 is 0 Å². The SMILES string of the molecule is O=C1NC(=O)/C(=C/c2c(C(F)(F)F)nc3c(NC4CC4)nc(Sc4cccc(Cl)c4)cn23)N1. The number of aromatic nitrogens is 3. The predicted molar refractivity (Wildman–Crippen MR) is 115 cm³/mol. The maximum Gasteiger partial charge on any atom is 0.435 e. The van der Waals surface area contributed by atoms with Crippen LogP contribution >= 0.6 is 23.4 Å². The van der Waals surface area contributed by atoms with Gasteiger partial charge in [-0.25, -0.2) is 14.8 Å². The fourth-order valence-electron chi connectivity index (χ4n) is 3.23. The lowest BCUT2D eigenvalue weighted by Gasteiger charge is -2.10. The van der Waals surface area contributed by atoms with Crippen LogP contribution in [0.3, 0.4) is 0 Å². The minimum atomic E-state index is -4.81. The Kier molecular flexibility index (Phi) is 5.20. The molecule has 0 bridgehead atoms. The third-order valence-electron chi connectivity index (χ3n) is 4.83. The second-order valence-corrected chi connectivity index (χ2v) is 8.94. The Bertz CT molecular complexity index is 1340. The van der Waals surface area contributed by atoms with E-state index in [-0.39, 0.29) is 23.2 Å². The number of nitrogens with one attached hydrogen (secondary N) is 3. The molecule has 3 heterocycles. The van der Waals surface area contributed by atoms with E-state index in [0.717, 1.165) is 23.8 Å². The molecule has 0 atom stereocenters. The fraction of sp³-hybridized carbons (Fsp3) is 0.200. The molecule has 2 aliphatic rings. The maximum absolute atomic E-state index is 13.9. The molecule has 2 fully saturated rings. The number of imide groups is 1. The Hall–Kier alpha value is -3.25. The molecule has 8 nitrogen and oxygen atoms in total. The average molecular weight is 495 g/mol. The molecule has 170 valence electrons. The second kappa shape index (κ2) is 7.96. The van der Waals surface area contributed by atoms with Crippen molar-refractivity contribution in [3.63, 3.8) is 0 Å². The summed E-state index contributed by atoms with van der Waals surface area (Å²) in [6.45, 7) is 0. The molecule has 1 aliphatic carbocycles. The zero-order valence-electron chi connectivity index (χ0n) is 16.5. The highest BCUT2D eigenvalue weighted by atomic mass is 35.5. The number of alkyl halides is 3. The van der Waals surface area contributed by atoms with Crippen molar-refractivity contribution >= 4 is 52.8 Å². The Morgan fingerprint density at radius 3 is 2.64 bits per heavy atom. The Morgan fingerprint density at radius 2 is 2.00 bits per heavy atom. The zero-order chi connectivity index (χ0) is 23.3. The fourth-order valence-corrected chi connectivity index (χ4v) is 4.35. The molecule has 2 aromatic heterocycles. The van der Waals surface area contributed by atoms with Gasteiger partial charge in [-0.15, -0.1) is 0 Å². The van der Waals surface area contributed by atoms with Crippen LogP contribution in [0.2, 0.25) is 5.02 Å². The monoisotopic (exact) mass is 494 g/mol. The first kappa shape index (κ1) is 21.6. The number of carbonyl (C=O) groups excluding carboxylic acids is 2. The maximum atomic E-state index is 13.9. The van der Waals surface area contributed by atoms with E-state index in [9.17, 15) is 22.8 Å². The van der Waals surface area contributed by atoms with Crippen molar-refractivity contribution in [1.82, 2.24) is 25.0 Å². The van der Waals surface area contributed by atoms with Gasteiger partial charge in [0.1, 0.15) is 10.7 Å². The number of halogens is 4. The van der Waals surface area contributed by atoms with Gasteiger partial charge in [-0.1, -0.05) is 29.4 Å². The number of benzene rings is 1. The number of carbonyl (C=O) groups is 2. The number of nitrogens with zero attached hydrogens (tertiary/aromatic N) is 3. The van der Waals surface area contributed by atoms with E-state index in [1.165, 1.54) is 22.4 Å². The lowest BCUT2D eigenvalue weighted by molar-refractivity contribution is -0.141. The van der Waals surface area contributed by atoms with Crippen LogP contribution < -0.4 is 16.0 Å². The molecular weight excluding hydrogens is 481 g/mol. The third kappa shape index (κ3) is 4.48. The number of hydrogen-bond acceptors (Lipinski definition) is 6. The Labute approximate surface area is 193 Å². The number of urea groups is 1. The summed E-state index contributed by atoms with van der Waals surface area (Å²) >= 11 is 7.26. The largest absolute Gasteiger partial charge is 0.435 e. The molecule has 13 heteroatoms. The van der Waals surface area contributed by atoms with Crippen LogP contribution in [0.5, 0.6) is 0 Å². The van der Waals surface area contributed by atoms with Gasteiger partial charge in [0.15, 0.2) is 17.2 Å². The molecule has 33 heavy (non-hydrogen) atoms. The number of fused-ring (bicyclic) bond motifs is 1.